The van der Waals surface area contributed by atoms with E-state index in [-0.39, 0.29) is 28.3 Å². The van der Waals surface area contributed by atoms with Crippen LogP contribution in [0.25, 0.3) is 5.57 Å². The maximum absolute atomic E-state index is 12.5. The number of rotatable bonds is 10. The van der Waals surface area contributed by atoms with Gasteiger partial charge in [-0.2, -0.15) is 0 Å². The predicted octanol–water partition coefficient (Wildman–Crippen LogP) is 2.48. The van der Waals surface area contributed by atoms with Crippen LogP contribution in [0.3, 0.4) is 0 Å². The molecule has 32 heavy (non-hydrogen) atoms. The van der Waals surface area contributed by atoms with Gasteiger partial charge in [-0.1, -0.05) is 41.9 Å². The number of hydrogen-bond acceptors (Lipinski definition) is 6. The Morgan fingerprint density at radius 2 is 1.88 bits per heavy atom. The van der Waals surface area contributed by atoms with Gasteiger partial charge in [0.15, 0.2) is 22.5 Å². The third-order valence-corrected chi connectivity index (χ3v) is 5.94. The first-order chi connectivity index (χ1) is 15.2. The van der Waals surface area contributed by atoms with Gasteiger partial charge in [-0.25, -0.2) is 9.97 Å². The lowest BCUT2D eigenvalue weighted by Gasteiger charge is -2.29. The molecule has 3 rings (SSSR count). The van der Waals surface area contributed by atoms with Crippen molar-refractivity contribution in [2.45, 2.75) is 25.7 Å². The number of nitrogens with two attached hydrogens (primary N) is 2. The van der Waals surface area contributed by atoms with Crippen molar-refractivity contribution in [1.82, 2.24) is 15.3 Å². The van der Waals surface area contributed by atoms with Crippen molar-refractivity contribution in [3.05, 3.63) is 52.3 Å². The second-order valence-electron chi connectivity index (χ2n) is 8.68. The summed E-state index contributed by atoms with van der Waals surface area (Å²) in [7, 11) is 4.14. The summed E-state index contributed by atoms with van der Waals surface area (Å²) >= 11 is 5.83. The van der Waals surface area contributed by atoms with Gasteiger partial charge in [-0.15, -0.1) is 0 Å². The third-order valence-electron chi connectivity index (χ3n) is 5.66. The number of fused-ring (bicyclic) bond motifs is 1. The number of amides is 1. The zero-order chi connectivity index (χ0) is 23.3. The number of nitrogen functional groups attached to an aromatic ring is 2. The topological polar surface area (TPSA) is 124 Å². The Hall–Kier alpha value is -2.97. The zero-order valence-corrected chi connectivity index (χ0v) is 19.3. The summed E-state index contributed by atoms with van der Waals surface area (Å²) in [5.41, 5.74) is 14.9. The van der Waals surface area contributed by atoms with E-state index >= 15 is 0 Å². The van der Waals surface area contributed by atoms with Gasteiger partial charge in [0.1, 0.15) is 5.78 Å². The standard InChI is InChI=1S/C23H29ClN6O2/c1-30(2,13-11-27-23(32)19-21(25)29-22(26)20(24)28-19)12-5-7-17(31)14-16-10-9-15-6-3-4-8-18(15)16/h3-4,6,8,10H,5,7,9,11-14H2,1-2H3,(H4-,25,26,27,29,32)/p+1. The Balaban J connectivity index is 1.39. The molecule has 0 fully saturated rings. The molecular weight excluding hydrogens is 428 g/mol. The number of benzene rings is 1. The summed E-state index contributed by atoms with van der Waals surface area (Å²) in [6, 6.07) is 8.26. The molecule has 9 heteroatoms. The Bertz CT molecular complexity index is 1050. The molecule has 1 aromatic carbocycles. The molecule has 0 unspecified atom stereocenters. The number of nitrogens with zero attached hydrogens (tertiary/aromatic N) is 3. The largest absolute Gasteiger partial charge is 0.382 e. The van der Waals surface area contributed by atoms with E-state index in [9.17, 15) is 9.59 Å². The highest BCUT2D eigenvalue weighted by atomic mass is 35.5. The quantitative estimate of drug-likeness (QED) is 0.471. The maximum Gasteiger partial charge on any atom is 0.273 e. The Kier molecular flexibility index (Phi) is 7.48. The van der Waals surface area contributed by atoms with Crippen LogP contribution in [0.1, 0.15) is 40.9 Å². The lowest BCUT2D eigenvalue weighted by Crippen LogP contribution is -2.46. The minimum Gasteiger partial charge on any atom is -0.382 e. The van der Waals surface area contributed by atoms with E-state index in [0.717, 1.165) is 25.0 Å². The first-order valence-corrected chi connectivity index (χ1v) is 11.0. The molecule has 5 N–H and O–H groups in total. The fourth-order valence-corrected chi connectivity index (χ4v) is 3.93. The molecule has 0 radical (unpaired) electrons. The third kappa shape index (κ3) is 6.05. The number of nitrogens with one attached hydrogen (secondary N) is 1. The zero-order valence-electron chi connectivity index (χ0n) is 18.5. The number of likely N-dealkylation sites (N-methyl/N-ethyl adjacent to an activating group) is 1. The summed E-state index contributed by atoms with van der Waals surface area (Å²) in [5.74, 6) is -0.258. The number of hydrogen-bond donors (Lipinski definition) is 3. The Morgan fingerprint density at radius 3 is 2.66 bits per heavy atom. The number of anilines is 2. The maximum atomic E-state index is 12.5. The lowest BCUT2D eigenvalue weighted by molar-refractivity contribution is -0.889. The SMILES string of the molecule is C[N+](C)(CCCC(=O)CC1=CCc2ccccc21)CCNC(=O)c1nc(Cl)c(N)nc1N. The minimum atomic E-state index is -0.447. The summed E-state index contributed by atoms with van der Waals surface area (Å²) in [4.78, 5) is 32.5. The first kappa shape index (κ1) is 23.7. The monoisotopic (exact) mass is 457 g/mol. The molecule has 170 valence electrons. The van der Waals surface area contributed by atoms with Gasteiger partial charge in [0.25, 0.3) is 5.91 Å². The number of carbonyl (C=O) groups excluding carboxylic acids is 2. The molecule has 0 aliphatic heterocycles. The highest BCUT2D eigenvalue weighted by molar-refractivity contribution is 6.31. The lowest BCUT2D eigenvalue weighted by atomic mass is 10.00. The fourth-order valence-electron chi connectivity index (χ4n) is 3.80. The van der Waals surface area contributed by atoms with E-state index < -0.39 is 5.91 Å². The van der Waals surface area contributed by atoms with Crippen molar-refractivity contribution >= 4 is 40.5 Å². The summed E-state index contributed by atoms with van der Waals surface area (Å²) in [5, 5.41) is 2.73. The van der Waals surface area contributed by atoms with Crippen LogP contribution in [0, 0.1) is 0 Å². The van der Waals surface area contributed by atoms with Crippen molar-refractivity contribution in [2.75, 3.05) is 45.2 Å². The number of halogens is 1. The Morgan fingerprint density at radius 1 is 1.12 bits per heavy atom. The molecule has 1 aliphatic rings. The van der Waals surface area contributed by atoms with Crippen LogP contribution in [0.15, 0.2) is 30.3 Å². The second kappa shape index (κ2) is 10.1. The highest BCUT2D eigenvalue weighted by Gasteiger charge is 2.20. The smallest absolute Gasteiger partial charge is 0.273 e. The van der Waals surface area contributed by atoms with E-state index in [1.807, 2.05) is 12.1 Å². The van der Waals surface area contributed by atoms with Crippen LogP contribution in [0.4, 0.5) is 11.6 Å². The van der Waals surface area contributed by atoms with Gasteiger partial charge >= 0.3 is 0 Å². The number of allylic oxidation sites excluding steroid dienone is 2. The molecule has 1 amide bonds. The number of ketones is 1. The van der Waals surface area contributed by atoms with E-state index in [4.69, 9.17) is 23.1 Å². The normalized spacial score (nSPS) is 12.9. The van der Waals surface area contributed by atoms with Crippen molar-refractivity contribution in [3.63, 3.8) is 0 Å². The van der Waals surface area contributed by atoms with Gasteiger partial charge < -0.3 is 21.3 Å². The molecule has 1 heterocycles. The number of quaternary nitrogens is 1. The summed E-state index contributed by atoms with van der Waals surface area (Å²) in [6.07, 6.45) is 4.91. The molecule has 8 nitrogen and oxygen atoms in total. The molecular formula is C23H30ClN6O2+. The molecule has 1 aliphatic carbocycles. The number of aromatic nitrogens is 2. The van der Waals surface area contributed by atoms with E-state index in [1.165, 1.54) is 11.1 Å². The molecule has 1 aromatic heterocycles. The van der Waals surface area contributed by atoms with Crippen LogP contribution >= 0.6 is 11.6 Å². The average molecular weight is 458 g/mol. The first-order valence-electron chi connectivity index (χ1n) is 10.6. The molecule has 0 atom stereocenters. The molecule has 0 saturated carbocycles. The summed E-state index contributed by atoms with van der Waals surface area (Å²) in [6.45, 7) is 1.94. The number of carbonyl (C=O) groups is 2. The van der Waals surface area contributed by atoms with Gasteiger partial charge in [-0.05, 0) is 23.1 Å². The fraction of sp³-hybridized carbons (Fsp3) is 0.391. The van der Waals surface area contributed by atoms with Gasteiger partial charge in [0.05, 0.1) is 33.7 Å². The number of Topliss-reactive ketones (excluding diaryl/α,β-unsaturated/α-hetero) is 1. The molecule has 0 spiro atoms. The Labute approximate surface area is 193 Å². The minimum absolute atomic E-state index is 0.0125. The van der Waals surface area contributed by atoms with Crippen molar-refractivity contribution < 1.29 is 14.1 Å². The van der Waals surface area contributed by atoms with Crippen molar-refractivity contribution in [2.24, 2.45) is 0 Å². The van der Waals surface area contributed by atoms with Crippen LogP contribution < -0.4 is 16.8 Å². The molecule has 2 aromatic rings. The highest BCUT2D eigenvalue weighted by Crippen LogP contribution is 2.30. The second-order valence-corrected chi connectivity index (χ2v) is 9.04. The van der Waals surface area contributed by atoms with Crippen LogP contribution in [-0.2, 0) is 11.2 Å². The van der Waals surface area contributed by atoms with Crippen LogP contribution in [0.5, 0.6) is 0 Å². The molecule has 0 saturated heterocycles. The van der Waals surface area contributed by atoms with Gasteiger partial charge in [0, 0.05) is 19.3 Å². The molecule has 0 bridgehead atoms. The van der Waals surface area contributed by atoms with E-state index in [2.05, 4.69) is 47.6 Å². The van der Waals surface area contributed by atoms with Crippen molar-refractivity contribution in [3.8, 4) is 0 Å². The van der Waals surface area contributed by atoms with Crippen LogP contribution in [-0.4, -0.2) is 59.9 Å². The summed E-state index contributed by atoms with van der Waals surface area (Å²) < 4.78 is 0.669. The predicted molar refractivity (Wildman–Crippen MR) is 127 cm³/mol. The van der Waals surface area contributed by atoms with Crippen LogP contribution in [0.2, 0.25) is 5.15 Å². The van der Waals surface area contributed by atoms with Gasteiger partial charge in [-0.3, -0.25) is 9.59 Å². The average Bonchev–Trinajstić information content (AvgIpc) is 3.13. The van der Waals surface area contributed by atoms with E-state index in [0.29, 0.717) is 30.4 Å². The van der Waals surface area contributed by atoms with E-state index in [1.54, 1.807) is 0 Å². The van der Waals surface area contributed by atoms with Crippen molar-refractivity contribution in [1.29, 1.82) is 0 Å². The van der Waals surface area contributed by atoms with Gasteiger partial charge in [0.2, 0.25) is 0 Å².